The average molecular weight is 269 g/mol. The molecule has 1 aliphatic rings. The standard InChI is InChI=1S/C16H19N3O/c20-16(11-18-13-5-1-2-6-13)19-15-7-3-4-12-8-9-17-10-14(12)15/h3-4,7-10,13,18H,1-2,5-6,11H2,(H,19,20). The number of amides is 1. The van der Waals surface area contributed by atoms with Crippen molar-refractivity contribution in [1.82, 2.24) is 10.3 Å². The zero-order chi connectivity index (χ0) is 13.8. The van der Waals surface area contributed by atoms with Crippen LogP contribution in [0.5, 0.6) is 0 Å². The Kier molecular flexibility index (Phi) is 3.92. The van der Waals surface area contributed by atoms with E-state index in [1.54, 1.807) is 12.4 Å². The topological polar surface area (TPSA) is 54.0 Å². The second kappa shape index (κ2) is 6.01. The number of rotatable bonds is 4. The summed E-state index contributed by atoms with van der Waals surface area (Å²) in [6.07, 6.45) is 8.46. The van der Waals surface area contributed by atoms with Gasteiger partial charge >= 0.3 is 0 Å². The van der Waals surface area contributed by atoms with E-state index in [2.05, 4.69) is 15.6 Å². The van der Waals surface area contributed by atoms with E-state index in [1.165, 1.54) is 25.7 Å². The summed E-state index contributed by atoms with van der Waals surface area (Å²) in [4.78, 5) is 16.1. The maximum absolute atomic E-state index is 12.0. The Balaban J connectivity index is 1.65. The van der Waals surface area contributed by atoms with Crippen LogP contribution < -0.4 is 10.6 Å². The zero-order valence-electron chi connectivity index (χ0n) is 11.4. The van der Waals surface area contributed by atoms with Gasteiger partial charge in [0.1, 0.15) is 0 Å². The van der Waals surface area contributed by atoms with E-state index >= 15 is 0 Å². The fourth-order valence-electron chi connectivity index (χ4n) is 2.78. The van der Waals surface area contributed by atoms with Crippen molar-refractivity contribution in [3.8, 4) is 0 Å². The Labute approximate surface area is 118 Å². The molecule has 0 unspecified atom stereocenters. The number of benzene rings is 1. The van der Waals surface area contributed by atoms with Gasteiger partial charge in [-0.2, -0.15) is 0 Å². The van der Waals surface area contributed by atoms with Crippen LogP contribution in [0.1, 0.15) is 25.7 Å². The summed E-state index contributed by atoms with van der Waals surface area (Å²) < 4.78 is 0. The molecule has 1 saturated carbocycles. The van der Waals surface area contributed by atoms with Crippen LogP contribution >= 0.6 is 0 Å². The second-order valence-electron chi connectivity index (χ2n) is 5.31. The molecule has 2 N–H and O–H groups in total. The second-order valence-corrected chi connectivity index (χ2v) is 5.31. The first-order chi connectivity index (χ1) is 9.83. The highest BCUT2D eigenvalue weighted by Crippen LogP contribution is 2.22. The largest absolute Gasteiger partial charge is 0.324 e. The van der Waals surface area contributed by atoms with Gasteiger partial charge in [0.05, 0.1) is 12.2 Å². The molecule has 0 atom stereocenters. The minimum Gasteiger partial charge on any atom is -0.324 e. The number of nitrogens with one attached hydrogen (secondary N) is 2. The lowest BCUT2D eigenvalue weighted by atomic mass is 10.1. The highest BCUT2D eigenvalue weighted by molar-refractivity contribution is 6.02. The summed E-state index contributed by atoms with van der Waals surface area (Å²) in [6, 6.07) is 8.33. The van der Waals surface area contributed by atoms with Crippen molar-refractivity contribution in [2.24, 2.45) is 0 Å². The van der Waals surface area contributed by atoms with E-state index in [0.29, 0.717) is 12.6 Å². The van der Waals surface area contributed by atoms with Gasteiger partial charge in [-0.3, -0.25) is 9.78 Å². The summed E-state index contributed by atoms with van der Waals surface area (Å²) in [5.74, 6) is 0.00764. The van der Waals surface area contributed by atoms with Gasteiger partial charge in [0.2, 0.25) is 5.91 Å². The van der Waals surface area contributed by atoms with Crippen molar-refractivity contribution in [3.63, 3.8) is 0 Å². The summed E-state index contributed by atoms with van der Waals surface area (Å²) in [7, 11) is 0. The van der Waals surface area contributed by atoms with Crippen LogP contribution in [0.3, 0.4) is 0 Å². The van der Waals surface area contributed by atoms with Gasteiger partial charge < -0.3 is 10.6 Å². The number of anilines is 1. The third-order valence-corrected chi connectivity index (χ3v) is 3.86. The molecule has 1 fully saturated rings. The highest BCUT2D eigenvalue weighted by Gasteiger charge is 2.15. The lowest BCUT2D eigenvalue weighted by Crippen LogP contribution is -2.34. The normalized spacial score (nSPS) is 15.6. The Morgan fingerprint density at radius 3 is 2.95 bits per heavy atom. The fraction of sp³-hybridized carbons (Fsp3) is 0.375. The van der Waals surface area contributed by atoms with Crippen LogP contribution in [0.4, 0.5) is 5.69 Å². The van der Waals surface area contributed by atoms with E-state index in [0.717, 1.165) is 16.5 Å². The molecular formula is C16H19N3O. The molecule has 4 heteroatoms. The van der Waals surface area contributed by atoms with Crippen molar-refractivity contribution >= 4 is 22.4 Å². The maximum Gasteiger partial charge on any atom is 0.238 e. The van der Waals surface area contributed by atoms with Crippen molar-refractivity contribution in [3.05, 3.63) is 36.7 Å². The molecule has 0 saturated heterocycles. The van der Waals surface area contributed by atoms with Gasteiger partial charge in [-0.1, -0.05) is 25.0 Å². The molecule has 104 valence electrons. The van der Waals surface area contributed by atoms with Crippen molar-refractivity contribution < 1.29 is 4.79 Å². The number of carbonyl (C=O) groups excluding carboxylic acids is 1. The first kappa shape index (κ1) is 13.1. The highest BCUT2D eigenvalue weighted by atomic mass is 16.1. The fourth-order valence-corrected chi connectivity index (χ4v) is 2.78. The van der Waals surface area contributed by atoms with Crippen LogP contribution in [-0.4, -0.2) is 23.5 Å². The van der Waals surface area contributed by atoms with Crippen molar-refractivity contribution in [2.75, 3.05) is 11.9 Å². The van der Waals surface area contributed by atoms with Gasteiger partial charge in [0.15, 0.2) is 0 Å². The minimum absolute atomic E-state index is 0.00764. The van der Waals surface area contributed by atoms with E-state index in [4.69, 9.17) is 0 Å². The van der Waals surface area contributed by atoms with E-state index in [1.807, 2.05) is 24.3 Å². The lowest BCUT2D eigenvalue weighted by molar-refractivity contribution is -0.115. The van der Waals surface area contributed by atoms with E-state index in [-0.39, 0.29) is 5.91 Å². The quantitative estimate of drug-likeness (QED) is 0.897. The molecule has 1 aromatic heterocycles. The maximum atomic E-state index is 12.0. The minimum atomic E-state index is 0.00764. The molecule has 20 heavy (non-hydrogen) atoms. The molecular weight excluding hydrogens is 250 g/mol. The van der Waals surface area contributed by atoms with Gasteiger partial charge in [-0.05, 0) is 30.4 Å². The van der Waals surface area contributed by atoms with Crippen LogP contribution in [-0.2, 0) is 4.79 Å². The molecule has 0 bridgehead atoms. The molecule has 1 heterocycles. The Hall–Kier alpha value is -1.94. The predicted octanol–water partition coefficient (Wildman–Crippen LogP) is 2.71. The van der Waals surface area contributed by atoms with Crippen molar-refractivity contribution in [1.29, 1.82) is 0 Å². The van der Waals surface area contributed by atoms with Gasteiger partial charge in [-0.25, -0.2) is 0 Å². The third kappa shape index (κ3) is 2.96. The molecule has 0 spiro atoms. The molecule has 3 rings (SSSR count). The SMILES string of the molecule is O=C(CNC1CCCC1)Nc1cccc2ccncc12. The monoisotopic (exact) mass is 269 g/mol. The Morgan fingerprint density at radius 1 is 1.25 bits per heavy atom. The van der Waals surface area contributed by atoms with Crippen LogP contribution in [0.2, 0.25) is 0 Å². The molecule has 1 aromatic carbocycles. The summed E-state index contributed by atoms with van der Waals surface area (Å²) in [5.41, 5.74) is 0.828. The van der Waals surface area contributed by atoms with Crippen LogP contribution in [0, 0.1) is 0 Å². The molecule has 0 radical (unpaired) electrons. The number of fused-ring (bicyclic) bond motifs is 1. The van der Waals surface area contributed by atoms with E-state index < -0.39 is 0 Å². The number of carbonyl (C=O) groups is 1. The van der Waals surface area contributed by atoms with Gasteiger partial charge in [0.25, 0.3) is 0 Å². The molecule has 0 aliphatic heterocycles. The summed E-state index contributed by atoms with van der Waals surface area (Å²) >= 11 is 0. The predicted molar refractivity (Wildman–Crippen MR) is 80.6 cm³/mol. The molecule has 1 amide bonds. The van der Waals surface area contributed by atoms with Gasteiger partial charge in [0, 0.05) is 23.8 Å². The first-order valence-electron chi connectivity index (χ1n) is 7.19. The number of aromatic nitrogens is 1. The Bertz CT molecular complexity index is 600. The molecule has 1 aliphatic carbocycles. The third-order valence-electron chi connectivity index (χ3n) is 3.86. The van der Waals surface area contributed by atoms with E-state index in [9.17, 15) is 4.79 Å². The molecule has 4 nitrogen and oxygen atoms in total. The van der Waals surface area contributed by atoms with Crippen molar-refractivity contribution in [2.45, 2.75) is 31.7 Å². The number of hydrogen-bond acceptors (Lipinski definition) is 3. The number of hydrogen-bond donors (Lipinski definition) is 2. The lowest BCUT2D eigenvalue weighted by Gasteiger charge is -2.12. The van der Waals surface area contributed by atoms with Crippen LogP contribution in [0.25, 0.3) is 10.8 Å². The summed E-state index contributed by atoms with van der Waals surface area (Å²) in [5, 5.41) is 8.35. The number of nitrogens with zero attached hydrogens (tertiary/aromatic N) is 1. The number of pyridine rings is 1. The first-order valence-corrected chi connectivity index (χ1v) is 7.19. The van der Waals surface area contributed by atoms with Gasteiger partial charge in [-0.15, -0.1) is 0 Å². The molecule has 2 aromatic rings. The Morgan fingerprint density at radius 2 is 2.10 bits per heavy atom. The average Bonchev–Trinajstić information content (AvgIpc) is 2.99. The smallest absolute Gasteiger partial charge is 0.238 e. The zero-order valence-corrected chi connectivity index (χ0v) is 11.4. The van der Waals surface area contributed by atoms with Crippen LogP contribution in [0.15, 0.2) is 36.7 Å². The summed E-state index contributed by atoms with van der Waals surface area (Å²) in [6.45, 7) is 0.376.